The number of rotatable bonds is 9. The molecule has 0 aromatic heterocycles. The largest absolute Gasteiger partial charge is 0.493 e. The fourth-order valence-electron chi connectivity index (χ4n) is 3.23. The maximum absolute atomic E-state index is 12.8. The number of esters is 1. The minimum Gasteiger partial charge on any atom is -0.493 e. The molecular weight excluding hydrogens is 416 g/mol. The van der Waals surface area contributed by atoms with Gasteiger partial charge in [-0.3, -0.25) is 0 Å². The zero-order valence-corrected chi connectivity index (χ0v) is 18.6. The molecule has 31 heavy (non-hydrogen) atoms. The van der Waals surface area contributed by atoms with Crippen LogP contribution in [0.5, 0.6) is 11.5 Å². The third-order valence-electron chi connectivity index (χ3n) is 4.77. The Morgan fingerprint density at radius 1 is 1.06 bits per heavy atom. The van der Waals surface area contributed by atoms with Crippen LogP contribution in [0.2, 0.25) is 0 Å². The standard InChI is InChI=1S/C23H26N2O5S/c1-15-20(22(26)29-12-11-27-2)21(25-23(31)24-15)17-9-10-18(28-3)19(13-17)30-14-16-7-5-4-6-8-16/h4-10,13,21H,11-12,14H2,1-3H3,(H2,24,25,31). The maximum Gasteiger partial charge on any atom is 0.338 e. The highest BCUT2D eigenvalue weighted by atomic mass is 32.1. The van der Waals surface area contributed by atoms with E-state index in [4.69, 9.17) is 31.2 Å². The number of allylic oxidation sites excluding steroid dienone is 1. The van der Waals surface area contributed by atoms with Gasteiger partial charge in [-0.25, -0.2) is 4.79 Å². The second kappa shape index (κ2) is 10.8. The van der Waals surface area contributed by atoms with Crippen LogP contribution < -0.4 is 20.1 Å². The molecule has 7 nitrogen and oxygen atoms in total. The van der Waals surface area contributed by atoms with Gasteiger partial charge in [0.05, 0.1) is 25.3 Å². The van der Waals surface area contributed by atoms with E-state index < -0.39 is 12.0 Å². The predicted octanol–water partition coefficient (Wildman–Crippen LogP) is 3.26. The summed E-state index contributed by atoms with van der Waals surface area (Å²) in [4.78, 5) is 12.8. The topological polar surface area (TPSA) is 78.1 Å². The van der Waals surface area contributed by atoms with Crippen LogP contribution in [-0.2, 0) is 20.9 Å². The Balaban J connectivity index is 1.88. The molecule has 1 aliphatic rings. The van der Waals surface area contributed by atoms with Gasteiger partial charge in [0.1, 0.15) is 13.2 Å². The molecule has 2 N–H and O–H groups in total. The van der Waals surface area contributed by atoms with Gasteiger partial charge in [-0.15, -0.1) is 0 Å². The number of benzene rings is 2. The van der Waals surface area contributed by atoms with Crippen molar-refractivity contribution >= 4 is 23.3 Å². The van der Waals surface area contributed by atoms with Gasteiger partial charge in [0.15, 0.2) is 16.6 Å². The van der Waals surface area contributed by atoms with Crippen LogP contribution in [0, 0.1) is 0 Å². The van der Waals surface area contributed by atoms with Crippen LogP contribution in [0.3, 0.4) is 0 Å². The smallest absolute Gasteiger partial charge is 0.338 e. The molecule has 0 saturated heterocycles. The number of carbonyl (C=O) groups is 1. The van der Waals surface area contributed by atoms with Gasteiger partial charge in [-0.05, 0) is 42.4 Å². The van der Waals surface area contributed by atoms with Crippen molar-refractivity contribution in [3.8, 4) is 11.5 Å². The summed E-state index contributed by atoms with van der Waals surface area (Å²) in [5, 5.41) is 6.58. The normalized spacial score (nSPS) is 15.7. The Morgan fingerprint density at radius 2 is 1.84 bits per heavy atom. The van der Waals surface area contributed by atoms with E-state index in [2.05, 4.69) is 10.6 Å². The second-order valence-electron chi connectivity index (χ2n) is 6.88. The lowest BCUT2D eigenvalue weighted by molar-refractivity contribution is -0.140. The highest BCUT2D eigenvalue weighted by Crippen LogP contribution is 2.35. The first-order valence-corrected chi connectivity index (χ1v) is 10.2. The molecule has 0 fully saturated rings. The van der Waals surface area contributed by atoms with Crippen LogP contribution in [0.15, 0.2) is 59.8 Å². The molecule has 0 amide bonds. The Morgan fingerprint density at radius 3 is 2.55 bits per heavy atom. The SMILES string of the molecule is COCCOC(=O)C1=C(C)NC(=S)NC1c1ccc(OC)c(OCc2ccccc2)c1. The summed E-state index contributed by atoms with van der Waals surface area (Å²) in [5.74, 6) is 0.727. The van der Waals surface area contributed by atoms with Gasteiger partial charge in [0, 0.05) is 12.8 Å². The zero-order valence-electron chi connectivity index (χ0n) is 17.8. The Labute approximate surface area is 187 Å². The number of carbonyl (C=O) groups excluding carboxylic acids is 1. The molecule has 0 spiro atoms. The fraction of sp³-hybridized carbons (Fsp3) is 0.304. The van der Waals surface area contributed by atoms with Crippen LogP contribution in [0.25, 0.3) is 0 Å². The molecule has 2 aromatic carbocycles. The number of thiocarbonyl (C=S) groups is 1. The van der Waals surface area contributed by atoms with E-state index in [0.29, 0.717) is 41.1 Å². The lowest BCUT2D eigenvalue weighted by atomic mass is 9.95. The molecule has 2 aromatic rings. The number of nitrogens with one attached hydrogen (secondary N) is 2. The Hall–Kier alpha value is -3.10. The average Bonchev–Trinajstić information content (AvgIpc) is 2.77. The summed E-state index contributed by atoms with van der Waals surface area (Å²) in [5.41, 5.74) is 2.92. The molecule has 1 unspecified atom stereocenters. The molecule has 164 valence electrons. The number of methoxy groups -OCH3 is 2. The molecular formula is C23H26N2O5S. The monoisotopic (exact) mass is 442 g/mol. The molecule has 3 rings (SSSR count). The van der Waals surface area contributed by atoms with Crippen LogP contribution in [-0.4, -0.2) is 38.5 Å². The minimum atomic E-state index is -0.492. The zero-order chi connectivity index (χ0) is 22.2. The van der Waals surface area contributed by atoms with Gasteiger partial charge in [-0.1, -0.05) is 36.4 Å². The second-order valence-corrected chi connectivity index (χ2v) is 7.29. The van der Waals surface area contributed by atoms with E-state index in [9.17, 15) is 4.79 Å². The fourth-order valence-corrected chi connectivity index (χ4v) is 3.50. The molecule has 0 bridgehead atoms. The van der Waals surface area contributed by atoms with E-state index in [1.807, 2.05) is 48.5 Å². The number of hydrogen-bond donors (Lipinski definition) is 2. The third-order valence-corrected chi connectivity index (χ3v) is 4.99. The predicted molar refractivity (Wildman–Crippen MR) is 121 cm³/mol. The molecule has 1 atom stereocenters. The Bertz CT molecular complexity index is 962. The first-order valence-electron chi connectivity index (χ1n) is 9.82. The molecule has 0 radical (unpaired) electrons. The summed E-state index contributed by atoms with van der Waals surface area (Å²) in [7, 11) is 3.14. The highest BCUT2D eigenvalue weighted by molar-refractivity contribution is 7.80. The first kappa shape index (κ1) is 22.6. The Kier molecular flexibility index (Phi) is 7.86. The van der Waals surface area contributed by atoms with E-state index >= 15 is 0 Å². The first-order chi connectivity index (χ1) is 15.0. The number of hydrogen-bond acceptors (Lipinski definition) is 6. The van der Waals surface area contributed by atoms with Gasteiger partial charge >= 0.3 is 5.97 Å². The summed E-state index contributed by atoms with van der Waals surface area (Å²) in [6.45, 7) is 2.67. The molecule has 0 saturated carbocycles. The van der Waals surface area contributed by atoms with Gasteiger partial charge in [0.2, 0.25) is 0 Å². The van der Waals surface area contributed by atoms with Crippen LogP contribution in [0.4, 0.5) is 0 Å². The van der Waals surface area contributed by atoms with Gasteiger partial charge in [-0.2, -0.15) is 0 Å². The molecule has 8 heteroatoms. The van der Waals surface area contributed by atoms with Gasteiger partial charge < -0.3 is 29.6 Å². The van der Waals surface area contributed by atoms with E-state index in [0.717, 1.165) is 11.1 Å². The summed E-state index contributed by atoms with van der Waals surface area (Å²) < 4.78 is 21.8. The molecule has 0 aliphatic carbocycles. The molecule has 1 heterocycles. The lowest BCUT2D eigenvalue weighted by Gasteiger charge is -2.30. The van der Waals surface area contributed by atoms with Crippen molar-refractivity contribution in [2.45, 2.75) is 19.6 Å². The van der Waals surface area contributed by atoms with Crippen LogP contribution >= 0.6 is 12.2 Å². The van der Waals surface area contributed by atoms with Crippen molar-refractivity contribution in [2.75, 3.05) is 27.4 Å². The van der Waals surface area contributed by atoms with Crippen molar-refractivity contribution in [2.24, 2.45) is 0 Å². The quantitative estimate of drug-likeness (QED) is 0.348. The minimum absolute atomic E-state index is 0.164. The lowest BCUT2D eigenvalue weighted by Crippen LogP contribution is -2.45. The van der Waals surface area contributed by atoms with E-state index in [-0.39, 0.29) is 6.61 Å². The van der Waals surface area contributed by atoms with Crippen molar-refractivity contribution < 1.29 is 23.7 Å². The van der Waals surface area contributed by atoms with E-state index in [1.165, 1.54) is 0 Å². The van der Waals surface area contributed by atoms with Gasteiger partial charge in [0.25, 0.3) is 0 Å². The summed E-state index contributed by atoms with van der Waals surface area (Å²) >= 11 is 5.32. The average molecular weight is 443 g/mol. The van der Waals surface area contributed by atoms with Crippen molar-refractivity contribution in [3.63, 3.8) is 0 Å². The molecule has 1 aliphatic heterocycles. The number of ether oxygens (including phenoxy) is 4. The van der Waals surface area contributed by atoms with Crippen molar-refractivity contribution in [3.05, 3.63) is 70.9 Å². The third kappa shape index (κ3) is 5.74. The summed E-state index contributed by atoms with van der Waals surface area (Å²) in [6, 6.07) is 14.9. The van der Waals surface area contributed by atoms with Crippen molar-refractivity contribution in [1.29, 1.82) is 0 Å². The maximum atomic E-state index is 12.8. The van der Waals surface area contributed by atoms with Crippen molar-refractivity contribution in [1.82, 2.24) is 10.6 Å². The highest BCUT2D eigenvalue weighted by Gasteiger charge is 2.31. The van der Waals surface area contributed by atoms with Crippen LogP contribution in [0.1, 0.15) is 24.1 Å². The van der Waals surface area contributed by atoms with E-state index in [1.54, 1.807) is 21.1 Å². The summed E-state index contributed by atoms with van der Waals surface area (Å²) in [6.07, 6.45) is 0.